The smallest absolute Gasteiger partial charge is 0.234 e. The van der Waals surface area contributed by atoms with Gasteiger partial charge in [-0.05, 0) is 50.4 Å². The van der Waals surface area contributed by atoms with E-state index in [0.29, 0.717) is 12.5 Å². The van der Waals surface area contributed by atoms with Crippen LogP contribution in [0.5, 0.6) is 0 Å². The number of hydrogen-bond donors (Lipinski definition) is 2. The topological polar surface area (TPSA) is 52.6 Å². The van der Waals surface area contributed by atoms with Gasteiger partial charge < -0.3 is 10.4 Å². The molecule has 2 rings (SSSR count). The SMILES string of the molecule is CC(NC(=O)CN(C)CC(O)C1CC1)c1ccc(F)cc1. The minimum Gasteiger partial charge on any atom is -0.392 e. The number of rotatable bonds is 7. The fraction of sp³-hybridized carbons (Fsp3) is 0.562. The molecule has 4 nitrogen and oxygen atoms in total. The minimum atomic E-state index is -0.336. The predicted octanol–water partition coefficient (Wildman–Crippen LogP) is 1.71. The molecule has 2 N–H and O–H groups in total. The van der Waals surface area contributed by atoms with E-state index in [4.69, 9.17) is 0 Å². The maximum Gasteiger partial charge on any atom is 0.234 e. The van der Waals surface area contributed by atoms with Crippen molar-refractivity contribution < 1.29 is 14.3 Å². The lowest BCUT2D eigenvalue weighted by Gasteiger charge is -2.21. The van der Waals surface area contributed by atoms with Gasteiger partial charge >= 0.3 is 0 Å². The van der Waals surface area contributed by atoms with E-state index in [1.54, 1.807) is 12.1 Å². The van der Waals surface area contributed by atoms with Gasteiger partial charge in [-0.1, -0.05) is 12.1 Å². The van der Waals surface area contributed by atoms with Crippen LogP contribution in [0.4, 0.5) is 4.39 Å². The molecule has 0 aliphatic heterocycles. The fourth-order valence-corrected chi connectivity index (χ4v) is 2.38. The molecule has 0 radical (unpaired) electrons. The Balaban J connectivity index is 1.76. The summed E-state index contributed by atoms with van der Waals surface area (Å²) in [4.78, 5) is 13.8. The molecule has 0 spiro atoms. The molecule has 0 heterocycles. The molecular weight excluding hydrogens is 271 g/mol. The van der Waals surface area contributed by atoms with Gasteiger partial charge in [-0.25, -0.2) is 4.39 Å². The van der Waals surface area contributed by atoms with Crippen molar-refractivity contribution in [2.75, 3.05) is 20.1 Å². The van der Waals surface area contributed by atoms with Crippen molar-refractivity contribution in [3.8, 4) is 0 Å². The van der Waals surface area contributed by atoms with E-state index in [-0.39, 0.29) is 30.4 Å². The Morgan fingerprint density at radius 3 is 2.62 bits per heavy atom. The molecule has 0 bridgehead atoms. The van der Waals surface area contributed by atoms with Crippen LogP contribution in [0.1, 0.15) is 31.4 Å². The number of halogens is 1. The number of aliphatic hydroxyl groups excluding tert-OH is 1. The maximum absolute atomic E-state index is 12.9. The second kappa shape index (κ2) is 7.00. The molecule has 2 unspecified atom stereocenters. The lowest BCUT2D eigenvalue weighted by molar-refractivity contribution is -0.122. The largest absolute Gasteiger partial charge is 0.392 e. The van der Waals surface area contributed by atoms with Crippen molar-refractivity contribution in [1.29, 1.82) is 0 Å². The van der Waals surface area contributed by atoms with E-state index in [0.717, 1.165) is 18.4 Å². The standard InChI is InChI=1S/C16H23FN2O2/c1-11(12-5-7-14(17)8-6-12)18-16(21)10-19(2)9-15(20)13-3-4-13/h5-8,11,13,15,20H,3-4,9-10H2,1-2H3,(H,18,21). The van der Waals surface area contributed by atoms with Crippen molar-refractivity contribution >= 4 is 5.91 Å². The van der Waals surface area contributed by atoms with Crippen molar-refractivity contribution in [3.05, 3.63) is 35.6 Å². The molecule has 1 aliphatic rings. The lowest BCUT2D eigenvalue weighted by atomic mass is 10.1. The zero-order chi connectivity index (χ0) is 15.4. The molecule has 1 amide bonds. The zero-order valence-electron chi connectivity index (χ0n) is 12.6. The van der Waals surface area contributed by atoms with Gasteiger partial charge in [0.2, 0.25) is 5.91 Å². The summed E-state index contributed by atoms with van der Waals surface area (Å²) >= 11 is 0. The van der Waals surface area contributed by atoms with Crippen LogP contribution in [0.25, 0.3) is 0 Å². The first kappa shape index (κ1) is 15.9. The molecule has 0 aromatic heterocycles. The monoisotopic (exact) mass is 294 g/mol. The summed E-state index contributed by atoms with van der Waals surface area (Å²) in [5, 5.41) is 12.7. The van der Waals surface area contributed by atoms with E-state index in [9.17, 15) is 14.3 Å². The first-order chi connectivity index (χ1) is 9.95. The Kier molecular flexibility index (Phi) is 5.31. The molecular formula is C16H23FN2O2. The van der Waals surface area contributed by atoms with Crippen molar-refractivity contribution in [2.45, 2.75) is 31.9 Å². The van der Waals surface area contributed by atoms with Crippen LogP contribution in [0.2, 0.25) is 0 Å². The molecule has 1 fully saturated rings. The summed E-state index contributed by atoms with van der Waals surface area (Å²) in [5.41, 5.74) is 0.866. The molecule has 2 atom stereocenters. The number of benzene rings is 1. The summed E-state index contributed by atoms with van der Waals surface area (Å²) in [5.74, 6) is 0.0250. The van der Waals surface area contributed by atoms with E-state index in [1.807, 2.05) is 18.9 Å². The van der Waals surface area contributed by atoms with Crippen molar-refractivity contribution in [3.63, 3.8) is 0 Å². The second-order valence-corrected chi connectivity index (χ2v) is 5.94. The Bertz CT molecular complexity index is 474. The van der Waals surface area contributed by atoms with E-state index in [2.05, 4.69) is 5.32 Å². The van der Waals surface area contributed by atoms with Crippen LogP contribution in [-0.4, -0.2) is 42.2 Å². The van der Waals surface area contributed by atoms with Crippen molar-refractivity contribution in [2.24, 2.45) is 5.92 Å². The molecule has 5 heteroatoms. The summed E-state index contributed by atoms with van der Waals surface area (Å²) in [6.45, 7) is 2.63. The summed E-state index contributed by atoms with van der Waals surface area (Å²) < 4.78 is 12.9. The van der Waals surface area contributed by atoms with Gasteiger partial charge in [0.1, 0.15) is 5.82 Å². The van der Waals surface area contributed by atoms with Crippen LogP contribution < -0.4 is 5.32 Å². The van der Waals surface area contributed by atoms with Gasteiger partial charge in [0, 0.05) is 6.54 Å². The molecule has 21 heavy (non-hydrogen) atoms. The highest BCUT2D eigenvalue weighted by Crippen LogP contribution is 2.32. The van der Waals surface area contributed by atoms with Gasteiger partial charge in [0.05, 0.1) is 18.7 Å². The second-order valence-electron chi connectivity index (χ2n) is 5.94. The molecule has 1 aromatic rings. The summed E-state index contributed by atoms with van der Waals surface area (Å²) in [6, 6.07) is 5.94. The van der Waals surface area contributed by atoms with E-state index in [1.165, 1.54) is 12.1 Å². The molecule has 0 saturated heterocycles. The average Bonchev–Trinajstić information content (AvgIpc) is 3.22. The number of likely N-dealkylation sites (N-methyl/N-ethyl adjacent to an activating group) is 1. The van der Waals surface area contributed by atoms with Crippen LogP contribution in [0.15, 0.2) is 24.3 Å². The zero-order valence-corrected chi connectivity index (χ0v) is 12.6. The van der Waals surface area contributed by atoms with Crippen LogP contribution in [0.3, 0.4) is 0 Å². The Morgan fingerprint density at radius 1 is 1.43 bits per heavy atom. The molecule has 1 aromatic carbocycles. The molecule has 1 saturated carbocycles. The third-order valence-corrected chi connectivity index (χ3v) is 3.83. The first-order valence-corrected chi connectivity index (χ1v) is 7.37. The number of nitrogens with one attached hydrogen (secondary N) is 1. The highest BCUT2D eigenvalue weighted by Gasteiger charge is 2.30. The molecule has 1 aliphatic carbocycles. The van der Waals surface area contributed by atoms with Crippen molar-refractivity contribution in [1.82, 2.24) is 10.2 Å². The molecule has 116 valence electrons. The number of hydrogen-bond acceptors (Lipinski definition) is 3. The van der Waals surface area contributed by atoms with Crippen LogP contribution in [0, 0.1) is 11.7 Å². The number of carbonyl (C=O) groups is 1. The van der Waals surface area contributed by atoms with Gasteiger partial charge in [-0.2, -0.15) is 0 Å². The number of amides is 1. The number of aliphatic hydroxyl groups is 1. The normalized spacial score (nSPS) is 17.6. The average molecular weight is 294 g/mol. The van der Waals surface area contributed by atoms with Gasteiger partial charge in [0.25, 0.3) is 0 Å². The van der Waals surface area contributed by atoms with E-state index >= 15 is 0 Å². The third kappa shape index (κ3) is 5.10. The van der Waals surface area contributed by atoms with Gasteiger partial charge in [0.15, 0.2) is 0 Å². The summed E-state index contributed by atoms with van der Waals surface area (Å²) in [6.07, 6.45) is 1.84. The predicted molar refractivity (Wildman–Crippen MR) is 79.2 cm³/mol. The Hall–Kier alpha value is -1.46. The third-order valence-electron chi connectivity index (χ3n) is 3.83. The van der Waals surface area contributed by atoms with Crippen LogP contribution >= 0.6 is 0 Å². The highest BCUT2D eigenvalue weighted by molar-refractivity contribution is 5.78. The van der Waals surface area contributed by atoms with Gasteiger partial charge in [-0.15, -0.1) is 0 Å². The quantitative estimate of drug-likeness (QED) is 0.805. The Labute approximate surface area is 125 Å². The highest BCUT2D eigenvalue weighted by atomic mass is 19.1. The first-order valence-electron chi connectivity index (χ1n) is 7.37. The number of carbonyl (C=O) groups excluding carboxylic acids is 1. The van der Waals surface area contributed by atoms with Gasteiger partial charge in [-0.3, -0.25) is 9.69 Å². The summed E-state index contributed by atoms with van der Waals surface area (Å²) in [7, 11) is 1.83. The number of nitrogens with zero attached hydrogens (tertiary/aromatic N) is 1. The van der Waals surface area contributed by atoms with E-state index < -0.39 is 0 Å². The maximum atomic E-state index is 12.9. The lowest BCUT2D eigenvalue weighted by Crippen LogP contribution is -2.39. The van der Waals surface area contributed by atoms with Crippen LogP contribution in [-0.2, 0) is 4.79 Å². The Morgan fingerprint density at radius 2 is 2.05 bits per heavy atom. The fourth-order valence-electron chi connectivity index (χ4n) is 2.38. The minimum absolute atomic E-state index is 0.0997.